The highest BCUT2D eigenvalue weighted by atomic mass is 16.6. The summed E-state index contributed by atoms with van der Waals surface area (Å²) < 4.78 is 5.75. The Kier molecular flexibility index (Phi) is 3.02. The van der Waals surface area contributed by atoms with Gasteiger partial charge in [-0.2, -0.15) is 0 Å². The van der Waals surface area contributed by atoms with Gasteiger partial charge in [-0.15, -0.1) is 0 Å². The lowest BCUT2D eigenvalue weighted by molar-refractivity contribution is -0.384. The predicted octanol–water partition coefficient (Wildman–Crippen LogP) is 3.15. The fourth-order valence-electron chi connectivity index (χ4n) is 2.14. The molecule has 0 saturated carbocycles. The van der Waals surface area contributed by atoms with Crippen LogP contribution in [-0.4, -0.2) is 21.9 Å². The van der Waals surface area contributed by atoms with Gasteiger partial charge in [-0.25, -0.2) is 9.97 Å². The van der Waals surface area contributed by atoms with Gasteiger partial charge < -0.3 is 9.73 Å². The minimum absolute atomic E-state index is 0.162. The van der Waals surface area contributed by atoms with Gasteiger partial charge in [-0.1, -0.05) is 18.2 Å². The number of aromatic nitrogens is 2. The molecule has 0 aliphatic heterocycles. The molecule has 2 heterocycles. The number of rotatable bonds is 3. The molecule has 0 fully saturated rings. The molecule has 2 aromatic heterocycles. The van der Waals surface area contributed by atoms with E-state index in [4.69, 9.17) is 4.42 Å². The van der Waals surface area contributed by atoms with Crippen LogP contribution in [0.4, 0.5) is 11.6 Å². The van der Waals surface area contributed by atoms with Crippen LogP contribution < -0.4 is 5.32 Å². The van der Waals surface area contributed by atoms with Crippen molar-refractivity contribution < 1.29 is 9.34 Å². The molecule has 3 aromatic rings. The molecule has 0 bridgehead atoms. The minimum atomic E-state index is -0.519. The molecule has 3 rings (SSSR count). The Bertz CT molecular complexity index is 841. The van der Waals surface area contributed by atoms with Crippen LogP contribution in [0.2, 0.25) is 0 Å². The first kappa shape index (κ1) is 13.0. The van der Waals surface area contributed by atoms with Gasteiger partial charge in [0.15, 0.2) is 11.5 Å². The summed E-state index contributed by atoms with van der Waals surface area (Å²) in [5.41, 5.74) is 1.64. The van der Waals surface area contributed by atoms with Gasteiger partial charge in [0, 0.05) is 12.4 Å². The van der Waals surface area contributed by atoms with Crippen molar-refractivity contribution in [2.45, 2.75) is 6.92 Å². The van der Waals surface area contributed by atoms with Crippen molar-refractivity contribution >= 4 is 22.6 Å². The Labute approximate surface area is 119 Å². The summed E-state index contributed by atoms with van der Waals surface area (Å²) in [5, 5.41) is 14.8. The lowest BCUT2D eigenvalue weighted by atomic mass is 10.2. The Morgan fingerprint density at radius 1 is 1.38 bits per heavy atom. The van der Waals surface area contributed by atoms with Crippen molar-refractivity contribution in [3.05, 3.63) is 46.1 Å². The minimum Gasteiger partial charge on any atom is -0.454 e. The van der Waals surface area contributed by atoms with Gasteiger partial charge in [0.05, 0.1) is 4.92 Å². The molecule has 0 aliphatic rings. The van der Waals surface area contributed by atoms with E-state index < -0.39 is 4.92 Å². The van der Waals surface area contributed by atoms with E-state index in [1.807, 2.05) is 25.1 Å². The zero-order chi connectivity index (χ0) is 15.0. The maximum Gasteiger partial charge on any atom is 0.317 e. The number of fused-ring (bicyclic) bond motifs is 1. The van der Waals surface area contributed by atoms with Crippen molar-refractivity contribution in [1.29, 1.82) is 0 Å². The summed E-state index contributed by atoms with van der Waals surface area (Å²) in [6, 6.07) is 7.46. The zero-order valence-electron chi connectivity index (χ0n) is 11.5. The summed E-state index contributed by atoms with van der Waals surface area (Å²) in [5.74, 6) is 0.651. The number of hydrogen-bond donors (Lipinski definition) is 1. The van der Waals surface area contributed by atoms with Crippen molar-refractivity contribution in [1.82, 2.24) is 9.97 Å². The molecule has 7 heteroatoms. The Morgan fingerprint density at radius 2 is 2.19 bits per heavy atom. The molecule has 7 nitrogen and oxygen atoms in total. The number of aryl methyl sites for hydroxylation is 1. The second kappa shape index (κ2) is 4.86. The quantitative estimate of drug-likeness (QED) is 0.586. The molecular formula is C14H12N4O3. The maximum absolute atomic E-state index is 11.1. The zero-order valence-corrected chi connectivity index (χ0v) is 11.5. The predicted molar refractivity (Wildman–Crippen MR) is 78.2 cm³/mol. The number of nitrogens with one attached hydrogen (secondary N) is 1. The van der Waals surface area contributed by atoms with Gasteiger partial charge in [-0.3, -0.25) is 10.1 Å². The molecule has 0 radical (unpaired) electrons. The number of nitrogens with zero attached hydrogens (tertiary/aromatic N) is 3. The number of furan rings is 1. The van der Waals surface area contributed by atoms with Crippen LogP contribution in [0.1, 0.15) is 5.56 Å². The Hall–Kier alpha value is -2.96. The van der Waals surface area contributed by atoms with E-state index in [1.165, 1.54) is 6.20 Å². The van der Waals surface area contributed by atoms with Crippen LogP contribution in [0, 0.1) is 17.0 Å². The molecule has 0 unspecified atom stereocenters. The molecule has 0 aliphatic carbocycles. The molecule has 106 valence electrons. The van der Waals surface area contributed by atoms with E-state index in [0.29, 0.717) is 17.3 Å². The third-order valence-electron chi connectivity index (χ3n) is 3.16. The van der Waals surface area contributed by atoms with Crippen LogP contribution in [0.5, 0.6) is 0 Å². The number of anilines is 1. The van der Waals surface area contributed by atoms with E-state index in [-0.39, 0.29) is 11.4 Å². The van der Waals surface area contributed by atoms with Crippen LogP contribution in [0.15, 0.2) is 34.9 Å². The number of para-hydroxylation sites is 1. The number of hydrogen-bond acceptors (Lipinski definition) is 6. The molecule has 0 spiro atoms. The third-order valence-corrected chi connectivity index (χ3v) is 3.16. The van der Waals surface area contributed by atoms with Crippen LogP contribution in [-0.2, 0) is 0 Å². The van der Waals surface area contributed by atoms with E-state index in [1.54, 1.807) is 13.1 Å². The molecule has 0 atom stereocenters. The largest absolute Gasteiger partial charge is 0.454 e. The maximum atomic E-state index is 11.1. The highest BCUT2D eigenvalue weighted by molar-refractivity contribution is 5.85. The topological polar surface area (TPSA) is 94.1 Å². The average molecular weight is 284 g/mol. The summed E-state index contributed by atoms with van der Waals surface area (Å²) in [6.07, 6.45) is 1.17. The Morgan fingerprint density at radius 3 is 2.86 bits per heavy atom. The number of nitro groups is 1. The second-order valence-electron chi connectivity index (χ2n) is 4.54. The smallest absolute Gasteiger partial charge is 0.317 e. The molecular weight excluding hydrogens is 272 g/mol. The normalized spacial score (nSPS) is 10.8. The van der Waals surface area contributed by atoms with Crippen molar-refractivity contribution in [3.8, 4) is 11.5 Å². The highest BCUT2D eigenvalue weighted by Crippen LogP contribution is 2.33. The van der Waals surface area contributed by atoms with Gasteiger partial charge in [0.25, 0.3) is 0 Å². The van der Waals surface area contributed by atoms with Gasteiger partial charge >= 0.3 is 5.69 Å². The average Bonchev–Trinajstić information content (AvgIpc) is 2.92. The van der Waals surface area contributed by atoms with Gasteiger partial charge in [-0.05, 0) is 18.6 Å². The Balaban J connectivity index is 2.25. The first-order valence-electron chi connectivity index (χ1n) is 6.29. The fourth-order valence-corrected chi connectivity index (χ4v) is 2.14. The van der Waals surface area contributed by atoms with Crippen LogP contribution >= 0.6 is 0 Å². The van der Waals surface area contributed by atoms with Crippen LogP contribution in [0.25, 0.3) is 22.4 Å². The van der Waals surface area contributed by atoms with Crippen molar-refractivity contribution in [2.75, 3.05) is 12.4 Å². The van der Waals surface area contributed by atoms with E-state index in [0.717, 1.165) is 10.9 Å². The molecule has 1 N–H and O–H groups in total. The van der Waals surface area contributed by atoms with Crippen LogP contribution in [0.3, 0.4) is 0 Å². The van der Waals surface area contributed by atoms with Gasteiger partial charge in [0.1, 0.15) is 11.8 Å². The summed E-state index contributed by atoms with van der Waals surface area (Å²) in [7, 11) is 1.65. The summed E-state index contributed by atoms with van der Waals surface area (Å²) in [4.78, 5) is 18.6. The molecule has 0 amide bonds. The van der Waals surface area contributed by atoms with Crippen molar-refractivity contribution in [2.24, 2.45) is 0 Å². The van der Waals surface area contributed by atoms with E-state index in [9.17, 15) is 10.1 Å². The summed E-state index contributed by atoms with van der Waals surface area (Å²) in [6.45, 7) is 1.92. The highest BCUT2D eigenvalue weighted by Gasteiger charge is 2.22. The lowest BCUT2D eigenvalue weighted by Gasteiger charge is -2.01. The molecule has 21 heavy (non-hydrogen) atoms. The van der Waals surface area contributed by atoms with Crippen molar-refractivity contribution in [3.63, 3.8) is 0 Å². The first-order valence-corrected chi connectivity index (χ1v) is 6.29. The fraction of sp³-hybridized carbons (Fsp3) is 0.143. The number of benzene rings is 1. The first-order chi connectivity index (χ1) is 10.1. The SMILES string of the molecule is CNc1ncc([N+](=O)[O-])c(-c2cc3cccc(C)c3o2)n1. The lowest BCUT2D eigenvalue weighted by Crippen LogP contribution is -2.01. The standard InChI is InChI=1S/C14H12N4O3/c1-8-4-3-5-9-6-11(21-13(8)9)12-10(18(19)20)7-16-14(15-2)17-12/h3-7H,1-2H3,(H,15,16,17). The van der Waals surface area contributed by atoms with E-state index in [2.05, 4.69) is 15.3 Å². The monoisotopic (exact) mass is 284 g/mol. The van der Waals surface area contributed by atoms with E-state index >= 15 is 0 Å². The third kappa shape index (κ3) is 2.18. The molecule has 1 aromatic carbocycles. The molecule has 0 saturated heterocycles. The second-order valence-corrected chi connectivity index (χ2v) is 4.54. The van der Waals surface area contributed by atoms with Gasteiger partial charge in [0.2, 0.25) is 5.95 Å². The summed E-state index contributed by atoms with van der Waals surface area (Å²) >= 11 is 0.